The maximum Gasteiger partial charge on any atom is 0.319 e. The Bertz CT molecular complexity index is 681. The maximum atomic E-state index is 12.8. The monoisotopic (exact) mass is 326 g/mol. The van der Waals surface area contributed by atoms with E-state index in [2.05, 4.69) is 10.3 Å². The third-order valence-electron chi connectivity index (χ3n) is 3.57. The van der Waals surface area contributed by atoms with Gasteiger partial charge in [-0.05, 0) is 26.8 Å². The van der Waals surface area contributed by atoms with Crippen molar-refractivity contribution >= 4 is 6.03 Å². The molecule has 2 amide bonds. The largest absolute Gasteiger partial charge is 0.466 e. The highest BCUT2D eigenvalue weighted by Gasteiger charge is 2.19. The van der Waals surface area contributed by atoms with Crippen molar-refractivity contribution in [2.75, 3.05) is 7.05 Å². The summed E-state index contributed by atoms with van der Waals surface area (Å²) in [7, 11) is 1.53. The second-order valence-electron chi connectivity index (χ2n) is 5.42. The van der Waals surface area contributed by atoms with Gasteiger partial charge in [0, 0.05) is 25.0 Å². The molecule has 0 radical (unpaired) electrons. The minimum atomic E-state index is -2.68. The van der Waals surface area contributed by atoms with Crippen LogP contribution in [0.15, 0.2) is 22.9 Å². The average molecular weight is 326 g/mol. The lowest BCUT2D eigenvalue weighted by Crippen LogP contribution is -2.38. The van der Waals surface area contributed by atoms with Gasteiger partial charge in [0.2, 0.25) is 0 Å². The second kappa shape index (κ2) is 6.80. The fraction of sp³-hybridized carbons (Fsp3) is 0.467. The molecule has 1 unspecified atom stereocenters. The first-order chi connectivity index (χ1) is 10.8. The summed E-state index contributed by atoms with van der Waals surface area (Å²) in [4.78, 5) is 17.4. The number of hydrogen-bond donors (Lipinski definition) is 1. The van der Waals surface area contributed by atoms with Crippen molar-refractivity contribution in [2.24, 2.45) is 0 Å². The number of hydrogen-bond acceptors (Lipinski definition) is 3. The van der Waals surface area contributed by atoms with Crippen LogP contribution in [0, 0.1) is 13.8 Å². The highest BCUT2D eigenvalue weighted by atomic mass is 19.3. The molecular weight excluding hydrogens is 306 g/mol. The first-order valence-electron chi connectivity index (χ1n) is 7.18. The Morgan fingerprint density at radius 1 is 1.48 bits per heavy atom. The fourth-order valence-corrected chi connectivity index (χ4v) is 2.38. The van der Waals surface area contributed by atoms with E-state index in [-0.39, 0.29) is 24.4 Å². The van der Waals surface area contributed by atoms with Crippen molar-refractivity contribution in [1.82, 2.24) is 19.8 Å². The molecule has 0 saturated carbocycles. The zero-order chi connectivity index (χ0) is 17.1. The van der Waals surface area contributed by atoms with Gasteiger partial charge < -0.3 is 14.6 Å². The SMILES string of the molecule is Cc1cc(C(C)NC(=O)N(C)Cc2nccn2C(F)F)c(C)o1. The molecule has 0 aliphatic heterocycles. The predicted molar refractivity (Wildman–Crippen MR) is 80.1 cm³/mol. The van der Waals surface area contributed by atoms with E-state index in [1.165, 1.54) is 24.3 Å². The highest BCUT2D eigenvalue weighted by Crippen LogP contribution is 2.21. The molecular formula is C15H20F2N4O2. The molecule has 2 rings (SSSR count). The van der Waals surface area contributed by atoms with Gasteiger partial charge in [0.25, 0.3) is 0 Å². The standard InChI is InChI=1S/C15H20F2N4O2/c1-9-7-12(11(3)23-9)10(2)19-15(22)20(4)8-13-18-5-6-21(13)14(16)17/h5-7,10,14H,8H2,1-4H3,(H,19,22). The normalized spacial score (nSPS) is 12.5. The molecule has 0 aliphatic rings. The van der Waals surface area contributed by atoms with Crippen LogP contribution >= 0.6 is 0 Å². The molecule has 2 aromatic rings. The summed E-state index contributed by atoms with van der Waals surface area (Å²) in [5, 5.41) is 2.81. The molecule has 6 nitrogen and oxygen atoms in total. The summed E-state index contributed by atoms with van der Waals surface area (Å²) < 4.78 is 31.7. The van der Waals surface area contributed by atoms with Crippen LogP contribution in [0.2, 0.25) is 0 Å². The number of alkyl halides is 2. The van der Waals surface area contributed by atoms with E-state index in [1.54, 1.807) is 0 Å². The van der Waals surface area contributed by atoms with Crippen LogP contribution in [0.4, 0.5) is 13.6 Å². The fourth-order valence-electron chi connectivity index (χ4n) is 2.38. The molecule has 0 aliphatic carbocycles. The van der Waals surface area contributed by atoms with Gasteiger partial charge in [-0.25, -0.2) is 9.78 Å². The summed E-state index contributed by atoms with van der Waals surface area (Å²) >= 11 is 0. The number of nitrogens with one attached hydrogen (secondary N) is 1. The molecule has 0 bridgehead atoms. The van der Waals surface area contributed by atoms with Crippen LogP contribution in [0.25, 0.3) is 0 Å². The van der Waals surface area contributed by atoms with E-state index in [9.17, 15) is 13.6 Å². The summed E-state index contributed by atoms with van der Waals surface area (Å²) in [6.45, 7) is 2.80. The lowest BCUT2D eigenvalue weighted by molar-refractivity contribution is 0.0650. The average Bonchev–Trinajstić information content (AvgIpc) is 3.04. The number of amides is 2. The van der Waals surface area contributed by atoms with Crippen LogP contribution in [-0.4, -0.2) is 27.5 Å². The Balaban J connectivity index is 2.00. The van der Waals surface area contributed by atoms with Gasteiger partial charge in [0.1, 0.15) is 17.3 Å². The smallest absolute Gasteiger partial charge is 0.319 e. The number of carbonyl (C=O) groups excluding carboxylic acids is 1. The summed E-state index contributed by atoms with van der Waals surface area (Å²) in [6.07, 6.45) is 2.47. The first kappa shape index (κ1) is 17.0. The van der Waals surface area contributed by atoms with Gasteiger partial charge in [-0.3, -0.25) is 4.57 Å². The Labute approximate surface area is 133 Å². The molecule has 2 aromatic heterocycles. The lowest BCUT2D eigenvalue weighted by atomic mass is 10.1. The molecule has 1 N–H and O–H groups in total. The number of rotatable bonds is 5. The lowest BCUT2D eigenvalue weighted by Gasteiger charge is -2.21. The Kier molecular flexibility index (Phi) is 5.02. The number of imidazole rings is 1. The summed E-state index contributed by atoms with van der Waals surface area (Å²) in [6, 6.07) is 1.24. The minimum absolute atomic E-state index is 0.0146. The number of aryl methyl sites for hydroxylation is 2. The Morgan fingerprint density at radius 2 is 2.17 bits per heavy atom. The van der Waals surface area contributed by atoms with Gasteiger partial charge in [0.05, 0.1) is 12.6 Å². The quantitative estimate of drug-likeness (QED) is 0.916. The Hall–Kier alpha value is -2.38. The van der Waals surface area contributed by atoms with Crippen LogP contribution in [0.5, 0.6) is 0 Å². The summed E-state index contributed by atoms with van der Waals surface area (Å²) in [5.74, 6) is 1.64. The van der Waals surface area contributed by atoms with E-state index in [0.29, 0.717) is 0 Å². The van der Waals surface area contributed by atoms with Crippen LogP contribution < -0.4 is 5.32 Å². The van der Waals surface area contributed by atoms with Gasteiger partial charge >= 0.3 is 12.6 Å². The van der Waals surface area contributed by atoms with Crippen molar-refractivity contribution in [3.05, 3.63) is 41.4 Å². The van der Waals surface area contributed by atoms with E-state index in [0.717, 1.165) is 21.7 Å². The minimum Gasteiger partial charge on any atom is -0.466 e. The van der Waals surface area contributed by atoms with Gasteiger partial charge in [0.15, 0.2) is 0 Å². The molecule has 0 aromatic carbocycles. The molecule has 2 heterocycles. The van der Waals surface area contributed by atoms with Crippen molar-refractivity contribution in [1.29, 1.82) is 0 Å². The van der Waals surface area contributed by atoms with Crippen LogP contribution in [0.1, 0.15) is 42.4 Å². The van der Waals surface area contributed by atoms with Gasteiger partial charge in [-0.1, -0.05) is 0 Å². The van der Waals surface area contributed by atoms with E-state index in [4.69, 9.17) is 4.42 Å². The number of halogens is 2. The predicted octanol–water partition coefficient (Wildman–Crippen LogP) is 3.39. The third-order valence-corrected chi connectivity index (χ3v) is 3.57. The molecule has 126 valence electrons. The van der Waals surface area contributed by atoms with E-state index < -0.39 is 6.55 Å². The molecule has 1 atom stereocenters. The van der Waals surface area contributed by atoms with E-state index >= 15 is 0 Å². The second-order valence-corrected chi connectivity index (χ2v) is 5.42. The van der Waals surface area contributed by atoms with Crippen molar-refractivity contribution in [2.45, 2.75) is 39.9 Å². The third kappa shape index (κ3) is 3.88. The van der Waals surface area contributed by atoms with Crippen molar-refractivity contribution in [3.63, 3.8) is 0 Å². The van der Waals surface area contributed by atoms with Crippen molar-refractivity contribution in [3.8, 4) is 0 Å². The molecule has 8 heteroatoms. The Morgan fingerprint density at radius 3 is 2.74 bits per heavy atom. The number of aromatic nitrogens is 2. The van der Waals surface area contributed by atoms with Gasteiger partial charge in [-0.15, -0.1) is 0 Å². The number of nitrogens with zero attached hydrogens (tertiary/aromatic N) is 3. The molecule has 0 saturated heterocycles. The highest BCUT2D eigenvalue weighted by molar-refractivity contribution is 5.74. The molecule has 0 spiro atoms. The number of furan rings is 1. The first-order valence-corrected chi connectivity index (χ1v) is 7.18. The van der Waals surface area contributed by atoms with Gasteiger partial charge in [-0.2, -0.15) is 8.78 Å². The molecule has 23 heavy (non-hydrogen) atoms. The maximum absolute atomic E-state index is 12.8. The van der Waals surface area contributed by atoms with Crippen LogP contribution in [0.3, 0.4) is 0 Å². The number of carbonyl (C=O) groups is 1. The van der Waals surface area contributed by atoms with E-state index in [1.807, 2.05) is 26.8 Å². The van der Waals surface area contributed by atoms with Crippen LogP contribution in [-0.2, 0) is 6.54 Å². The zero-order valence-corrected chi connectivity index (χ0v) is 13.5. The zero-order valence-electron chi connectivity index (χ0n) is 13.5. The topological polar surface area (TPSA) is 63.3 Å². The molecule has 0 fully saturated rings. The summed E-state index contributed by atoms with van der Waals surface area (Å²) in [5.41, 5.74) is 0.887. The van der Waals surface area contributed by atoms with Crippen molar-refractivity contribution < 1.29 is 18.0 Å². The number of urea groups is 1.